The molecule has 9 heteroatoms. The van der Waals surface area contributed by atoms with E-state index < -0.39 is 24.1 Å². The van der Waals surface area contributed by atoms with Crippen LogP contribution in [0.25, 0.3) is 0 Å². The molecule has 0 radical (unpaired) electrons. The van der Waals surface area contributed by atoms with Crippen molar-refractivity contribution >= 4 is 11.9 Å². The Bertz CT molecular complexity index is 487. The molecule has 0 bridgehead atoms. The van der Waals surface area contributed by atoms with Gasteiger partial charge in [0, 0.05) is 18.7 Å². The molecular formula is C11H11F3N2O4. The molecule has 0 aliphatic heterocycles. The Labute approximate surface area is 111 Å². The van der Waals surface area contributed by atoms with Gasteiger partial charge in [0.1, 0.15) is 6.04 Å². The number of halogens is 3. The van der Waals surface area contributed by atoms with E-state index in [1.54, 1.807) is 0 Å². The Balaban J connectivity index is 2.77. The Kier molecular flexibility index (Phi) is 4.89. The minimum absolute atomic E-state index is 0.278. The molecule has 1 aromatic heterocycles. The number of carbonyl (C=O) groups is 2. The van der Waals surface area contributed by atoms with Crippen LogP contribution in [0.15, 0.2) is 18.3 Å². The van der Waals surface area contributed by atoms with Crippen LogP contribution in [0.3, 0.4) is 0 Å². The van der Waals surface area contributed by atoms with Crippen LogP contribution in [-0.2, 0) is 16.0 Å². The zero-order valence-corrected chi connectivity index (χ0v) is 10.3. The molecule has 0 unspecified atom stereocenters. The zero-order chi connectivity index (χ0) is 15.3. The maximum atomic E-state index is 12.1. The smallest absolute Gasteiger partial charge is 0.471 e. The molecule has 1 heterocycles. The minimum atomic E-state index is -5.13. The molecule has 6 nitrogen and oxygen atoms in total. The van der Waals surface area contributed by atoms with Crippen LogP contribution in [-0.4, -0.2) is 41.3 Å². The number of hydrogen-bond acceptors (Lipinski definition) is 4. The van der Waals surface area contributed by atoms with Gasteiger partial charge in [0.2, 0.25) is 5.88 Å². The lowest BCUT2D eigenvalue weighted by Gasteiger charge is -2.15. The fourth-order valence-electron chi connectivity index (χ4n) is 1.33. The molecule has 110 valence electrons. The van der Waals surface area contributed by atoms with Gasteiger partial charge in [-0.25, -0.2) is 9.78 Å². The second-order valence-corrected chi connectivity index (χ2v) is 3.77. The monoisotopic (exact) mass is 292 g/mol. The Morgan fingerprint density at radius 2 is 2.10 bits per heavy atom. The summed E-state index contributed by atoms with van der Waals surface area (Å²) in [6, 6.07) is 1.18. The quantitative estimate of drug-likeness (QED) is 0.836. The molecule has 0 saturated carbocycles. The summed E-state index contributed by atoms with van der Waals surface area (Å²) in [6.45, 7) is 0. The second-order valence-electron chi connectivity index (χ2n) is 3.77. The highest BCUT2D eigenvalue weighted by Crippen LogP contribution is 2.15. The predicted octanol–water partition coefficient (Wildman–Crippen LogP) is 0.764. The molecule has 0 fully saturated rings. The van der Waals surface area contributed by atoms with Crippen LogP contribution >= 0.6 is 0 Å². The number of aromatic nitrogens is 1. The van der Waals surface area contributed by atoms with Crippen molar-refractivity contribution < 1.29 is 32.6 Å². The fourth-order valence-corrected chi connectivity index (χ4v) is 1.33. The number of hydrogen-bond donors (Lipinski definition) is 2. The highest BCUT2D eigenvalue weighted by Gasteiger charge is 2.40. The van der Waals surface area contributed by atoms with E-state index in [0.29, 0.717) is 5.56 Å². The van der Waals surface area contributed by atoms with Crippen molar-refractivity contribution in [3.8, 4) is 5.88 Å². The van der Waals surface area contributed by atoms with Gasteiger partial charge in [-0.2, -0.15) is 13.2 Å². The van der Waals surface area contributed by atoms with E-state index in [4.69, 9.17) is 9.84 Å². The number of carboxylic acids is 1. The number of aliphatic carboxylic acids is 1. The van der Waals surface area contributed by atoms with Crippen molar-refractivity contribution in [2.24, 2.45) is 0 Å². The molecule has 1 amide bonds. The standard InChI is InChI=1S/C11H11F3N2O4/c1-20-8-3-2-6(5-15-8)4-7(9(17)18)16-10(19)11(12,13)14/h2-3,5,7H,4H2,1H3,(H,16,19)(H,17,18)/t7-/m0/s1. The lowest BCUT2D eigenvalue weighted by Crippen LogP contribution is -2.47. The fraction of sp³-hybridized carbons (Fsp3) is 0.364. The van der Waals surface area contributed by atoms with Gasteiger partial charge >= 0.3 is 18.1 Å². The molecule has 0 spiro atoms. The minimum Gasteiger partial charge on any atom is -0.481 e. The van der Waals surface area contributed by atoms with Crippen LogP contribution in [0.2, 0.25) is 0 Å². The summed E-state index contributed by atoms with van der Waals surface area (Å²) in [7, 11) is 1.38. The first-order valence-electron chi connectivity index (χ1n) is 5.33. The van der Waals surface area contributed by atoms with Crippen molar-refractivity contribution in [2.45, 2.75) is 18.6 Å². The average Bonchev–Trinajstić information content (AvgIpc) is 2.37. The Hall–Kier alpha value is -2.32. The maximum absolute atomic E-state index is 12.1. The van der Waals surface area contributed by atoms with Crippen molar-refractivity contribution in [3.05, 3.63) is 23.9 Å². The first-order valence-corrected chi connectivity index (χ1v) is 5.33. The largest absolute Gasteiger partial charge is 0.481 e. The normalized spacial score (nSPS) is 12.6. The molecule has 0 aromatic carbocycles. The van der Waals surface area contributed by atoms with E-state index in [1.165, 1.54) is 30.8 Å². The van der Waals surface area contributed by atoms with Gasteiger partial charge in [-0.15, -0.1) is 0 Å². The topological polar surface area (TPSA) is 88.5 Å². The number of carbonyl (C=O) groups excluding carboxylic acids is 1. The molecule has 20 heavy (non-hydrogen) atoms. The van der Waals surface area contributed by atoms with Gasteiger partial charge in [0.15, 0.2) is 0 Å². The number of amides is 1. The van der Waals surface area contributed by atoms with Gasteiger partial charge in [-0.3, -0.25) is 4.79 Å². The molecule has 1 rings (SSSR count). The second kappa shape index (κ2) is 6.22. The van der Waals surface area contributed by atoms with Gasteiger partial charge in [0.05, 0.1) is 7.11 Å². The lowest BCUT2D eigenvalue weighted by molar-refractivity contribution is -0.175. The van der Waals surface area contributed by atoms with E-state index >= 15 is 0 Å². The van der Waals surface area contributed by atoms with Gasteiger partial charge in [-0.05, 0) is 5.56 Å². The highest BCUT2D eigenvalue weighted by molar-refractivity contribution is 5.87. The summed E-state index contributed by atoms with van der Waals surface area (Å²) in [5.41, 5.74) is 0.348. The zero-order valence-electron chi connectivity index (χ0n) is 10.3. The van der Waals surface area contributed by atoms with Gasteiger partial charge in [-0.1, -0.05) is 6.07 Å². The van der Waals surface area contributed by atoms with E-state index in [2.05, 4.69) is 4.98 Å². The van der Waals surface area contributed by atoms with E-state index in [0.717, 1.165) is 0 Å². The van der Waals surface area contributed by atoms with Crippen LogP contribution in [0.1, 0.15) is 5.56 Å². The third-order valence-corrected chi connectivity index (χ3v) is 2.31. The molecule has 0 aliphatic carbocycles. The number of ether oxygens (including phenoxy) is 1. The molecule has 0 aliphatic rings. The summed E-state index contributed by atoms with van der Waals surface area (Å²) in [4.78, 5) is 25.4. The number of alkyl halides is 3. The van der Waals surface area contributed by atoms with Crippen molar-refractivity contribution in [3.63, 3.8) is 0 Å². The van der Waals surface area contributed by atoms with Crippen molar-refractivity contribution in [1.82, 2.24) is 10.3 Å². The highest BCUT2D eigenvalue weighted by atomic mass is 19.4. The Morgan fingerprint density at radius 3 is 2.50 bits per heavy atom. The predicted molar refractivity (Wildman–Crippen MR) is 60.1 cm³/mol. The van der Waals surface area contributed by atoms with E-state index in [-0.39, 0.29) is 12.3 Å². The molecule has 1 atom stereocenters. The summed E-state index contributed by atoms with van der Waals surface area (Å²) in [5.74, 6) is -3.59. The van der Waals surface area contributed by atoms with Crippen LogP contribution in [0, 0.1) is 0 Å². The number of pyridine rings is 1. The van der Waals surface area contributed by atoms with Gasteiger partial charge < -0.3 is 15.2 Å². The molecule has 1 aromatic rings. The molecule has 0 saturated heterocycles. The number of nitrogens with one attached hydrogen (secondary N) is 1. The van der Waals surface area contributed by atoms with E-state index in [9.17, 15) is 22.8 Å². The van der Waals surface area contributed by atoms with E-state index in [1.807, 2.05) is 0 Å². The van der Waals surface area contributed by atoms with Crippen molar-refractivity contribution in [1.29, 1.82) is 0 Å². The molecule has 2 N–H and O–H groups in total. The lowest BCUT2D eigenvalue weighted by atomic mass is 10.1. The van der Waals surface area contributed by atoms with Gasteiger partial charge in [0.25, 0.3) is 0 Å². The first-order chi connectivity index (χ1) is 9.24. The number of methoxy groups -OCH3 is 1. The maximum Gasteiger partial charge on any atom is 0.471 e. The summed E-state index contributed by atoms with van der Waals surface area (Å²) >= 11 is 0. The molecular weight excluding hydrogens is 281 g/mol. The average molecular weight is 292 g/mol. The Morgan fingerprint density at radius 1 is 1.45 bits per heavy atom. The number of carboxylic acid groups (broad SMARTS) is 1. The summed E-state index contributed by atoms with van der Waals surface area (Å²) in [6.07, 6.45) is -4.20. The first kappa shape index (κ1) is 15.7. The number of nitrogens with zero attached hydrogens (tertiary/aromatic N) is 1. The third-order valence-electron chi connectivity index (χ3n) is 2.31. The SMILES string of the molecule is COc1ccc(C[C@H](NC(=O)C(F)(F)F)C(=O)O)cn1. The third kappa shape index (κ3) is 4.41. The summed E-state index contributed by atoms with van der Waals surface area (Å²) in [5, 5.41) is 10.2. The van der Waals surface area contributed by atoms with Crippen LogP contribution in [0.5, 0.6) is 5.88 Å². The summed E-state index contributed by atoms with van der Waals surface area (Å²) < 4.78 is 41.0. The van der Waals surface area contributed by atoms with Crippen LogP contribution < -0.4 is 10.1 Å². The number of rotatable bonds is 5. The van der Waals surface area contributed by atoms with Crippen molar-refractivity contribution in [2.75, 3.05) is 7.11 Å². The van der Waals surface area contributed by atoms with Crippen LogP contribution in [0.4, 0.5) is 13.2 Å².